The van der Waals surface area contributed by atoms with Crippen molar-refractivity contribution in [3.63, 3.8) is 0 Å². The van der Waals surface area contributed by atoms with Crippen molar-refractivity contribution in [1.82, 2.24) is 0 Å². The largest absolute Gasteiger partial charge is 0.502 e. The van der Waals surface area contributed by atoms with Crippen LogP contribution in [0.25, 0.3) is 0 Å². The highest BCUT2D eigenvalue weighted by Crippen LogP contribution is 2.44. The third-order valence-electron chi connectivity index (χ3n) is 9.07. The third-order valence-corrected chi connectivity index (χ3v) is 21.0. The Kier molecular flexibility index (Phi) is 12.9. The van der Waals surface area contributed by atoms with Crippen LogP contribution in [0.3, 0.4) is 0 Å². The lowest BCUT2D eigenvalue weighted by Crippen LogP contribution is -2.54. The van der Waals surface area contributed by atoms with Crippen molar-refractivity contribution in [1.29, 1.82) is 0 Å². The number of hydrogen-bond donors (Lipinski definition) is 0. The second-order valence-electron chi connectivity index (χ2n) is 13.3. The van der Waals surface area contributed by atoms with Crippen LogP contribution in [0.4, 0.5) is 21.0 Å². The van der Waals surface area contributed by atoms with E-state index in [1.54, 1.807) is 9.80 Å². The smallest absolute Gasteiger partial charge is 0.400 e. The van der Waals surface area contributed by atoms with Crippen molar-refractivity contribution in [2.24, 2.45) is 0 Å². The Morgan fingerprint density at radius 3 is 0.952 bits per heavy atom. The molecule has 6 nitrogen and oxygen atoms in total. The molecule has 0 bridgehead atoms. The summed E-state index contributed by atoms with van der Waals surface area (Å²) in [5.74, 6) is 0. The van der Waals surface area contributed by atoms with Gasteiger partial charge in [0.25, 0.3) is 16.6 Å². The van der Waals surface area contributed by atoms with Gasteiger partial charge in [0.1, 0.15) is 0 Å². The van der Waals surface area contributed by atoms with Crippen molar-refractivity contribution >= 4 is 40.2 Å². The van der Waals surface area contributed by atoms with E-state index in [4.69, 9.17) is 8.85 Å². The lowest BCUT2D eigenvalue weighted by molar-refractivity contribution is 0.197. The monoisotopic (exact) mass is 612 g/mol. The Hall–Kier alpha value is -2.59. The summed E-state index contributed by atoms with van der Waals surface area (Å²) in [6.45, 7) is 26.6. The standard InChI is InChI=1S/C34H56N2O4Si2/c1-25(2)41(26(3)4,27(5)6)39-33(37)35(31-19-15-13-16-20-31)23-24-36(32-21-17-14-18-22-32)34(38)40-42(28(7)8,29(9)10)30(11)12/h13-22,25-30H,23-24H2,1-12H3. The number of nitrogens with zero attached hydrogens (tertiary/aromatic N) is 2. The third kappa shape index (κ3) is 7.67. The molecule has 0 saturated carbocycles. The zero-order chi connectivity index (χ0) is 31.8. The number of hydrogen-bond acceptors (Lipinski definition) is 4. The molecular weight excluding hydrogens is 557 g/mol. The first kappa shape index (κ1) is 35.6. The minimum Gasteiger partial charge on any atom is -0.502 e. The van der Waals surface area contributed by atoms with Gasteiger partial charge in [-0.05, 0) is 57.5 Å². The quantitative estimate of drug-likeness (QED) is 0.211. The predicted molar refractivity (Wildman–Crippen MR) is 183 cm³/mol. The number of para-hydroxylation sites is 2. The van der Waals surface area contributed by atoms with Gasteiger partial charge in [-0.3, -0.25) is 9.80 Å². The Labute approximate surface area is 258 Å². The van der Waals surface area contributed by atoms with Gasteiger partial charge < -0.3 is 8.85 Å². The first-order chi connectivity index (χ1) is 19.6. The summed E-state index contributed by atoms with van der Waals surface area (Å²) >= 11 is 0. The van der Waals surface area contributed by atoms with Crippen molar-refractivity contribution in [2.75, 3.05) is 22.9 Å². The predicted octanol–water partition coefficient (Wildman–Crippen LogP) is 10.6. The van der Waals surface area contributed by atoms with Gasteiger partial charge in [0.2, 0.25) is 0 Å². The summed E-state index contributed by atoms with van der Waals surface area (Å²) in [5.41, 5.74) is 3.06. The molecule has 0 radical (unpaired) electrons. The van der Waals surface area contributed by atoms with Crippen LogP contribution >= 0.6 is 0 Å². The number of benzene rings is 2. The highest BCUT2D eigenvalue weighted by Gasteiger charge is 2.50. The van der Waals surface area contributed by atoms with E-state index in [1.807, 2.05) is 60.7 Å². The van der Waals surface area contributed by atoms with Crippen LogP contribution in [0.5, 0.6) is 0 Å². The molecule has 2 amide bonds. The Bertz CT molecular complexity index is 988. The molecule has 0 aliphatic heterocycles. The van der Waals surface area contributed by atoms with Crippen LogP contribution in [-0.2, 0) is 8.85 Å². The highest BCUT2D eigenvalue weighted by molar-refractivity contribution is 6.79. The Morgan fingerprint density at radius 2 is 0.738 bits per heavy atom. The molecule has 2 aromatic rings. The lowest BCUT2D eigenvalue weighted by atomic mass is 10.2. The van der Waals surface area contributed by atoms with Crippen molar-refractivity contribution < 1.29 is 18.4 Å². The fourth-order valence-corrected chi connectivity index (χ4v) is 17.4. The normalized spacial score (nSPS) is 12.5. The molecule has 0 heterocycles. The van der Waals surface area contributed by atoms with E-state index in [1.165, 1.54) is 0 Å². The maximum Gasteiger partial charge on any atom is 0.400 e. The summed E-state index contributed by atoms with van der Waals surface area (Å²) in [5, 5.41) is 0. The topological polar surface area (TPSA) is 59.1 Å². The van der Waals surface area contributed by atoms with Gasteiger partial charge in [0, 0.05) is 24.5 Å². The number of amides is 2. The molecule has 42 heavy (non-hydrogen) atoms. The van der Waals surface area contributed by atoms with Crippen LogP contribution in [0.1, 0.15) is 83.1 Å². The van der Waals surface area contributed by atoms with Crippen LogP contribution in [-0.4, -0.2) is 41.9 Å². The number of carbonyl (C=O) groups excluding carboxylic acids is 2. The Balaban J connectivity index is 2.51. The molecule has 2 rings (SSSR count). The molecule has 8 heteroatoms. The molecule has 234 valence electrons. The molecule has 0 aromatic heterocycles. The van der Waals surface area contributed by atoms with Crippen LogP contribution in [0.2, 0.25) is 33.2 Å². The van der Waals surface area contributed by atoms with E-state index >= 15 is 0 Å². The maximum absolute atomic E-state index is 14.1. The maximum atomic E-state index is 14.1. The lowest BCUT2D eigenvalue weighted by Gasteiger charge is -2.43. The van der Waals surface area contributed by atoms with Crippen molar-refractivity contribution in [3.05, 3.63) is 60.7 Å². The average molecular weight is 613 g/mol. The van der Waals surface area contributed by atoms with E-state index in [2.05, 4.69) is 83.1 Å². The molecule has 0 unspecified atom stereocenters. The Morgan fingerprint density at radius 1 is 0.500 bits per heavy atom. The first-order valence-corrected chi connectivity index (χ1v) is 20.0. The van der Waals surface area contributed by atoms with E-state index in [0.717, 1.165) is 11.4 Å². The van der Waals surface area contributed by atoms with Gasteiger partial charge >= 0.3 is 12.2 Å². The summed E-state index contributed by atoms with van der Waals surface area (Å²) < 4.78 is 13.2. The summed E-state index contributed by atoms with van der Waals surface area (Å²) in [4.78, 5) is 31.6. The molecule has 0 atom stereocenters. The summed E-state index contributed by atoms with van der Waals surface area (Å²) in [6.07, 6.45) is -0.693. The van der Waals surface area contributed by atoms with Gasteiger partial charge in [-0.2, -0.15) is 0 Å². The molecule has 2 aromatic carbocycles. The SMILES string of the molecule is CC(C)[Si](OC(=O)N(CCN(C(=O)O[Si](C(C)C)(C(C)C)C(C)C)c1ccccc1)c1ccccc1)(C(C)C)C(C)C. The molecule has 0 spiro atoms. The van der Waals surface area contributed by atoms with Gasteiger partial charge in [-0.1, -0.05) is 119 Å². The minimum atomic E-state index is -2.49. The van der Waals surface area contributed by atoms with E-state index < -0.39 is 16.6 Å². The van der Waals surface area contributed by atoms with Gasteiger partial charge in [0.05, 0.1) is 0 Å². The van der Waals surface area contributed by atoms with Crippen LogP contribution in [0.15, 0.2) is 60.7 Å². The second kappa shape index (κ2) is 15.2. The van der Waals surface area contributed by atoms with Gasteiger partial charge in [-0.25, -0.2) is 9.59 Å². The van der Waals surface area contributed by atoms with E-state index in [-0.39, 0.29) is 58.5 Å². The van der Waals surface area contributed by atoms with Crippen molar-refractivity contribution in [2.45, 2.75) is 116 Å². The molecule has 0 aliphatic carbocycles. The average Bonchev–Trinajstić information content (AvgIpc) is 2.92. The fraction of sp³-hybridized carbons (Fsp3) is 0.588. The zero-order valence-corrected chi connectivity index (χ0v) is 30.2. The van der Waals surface area contributed by atoms with Crippen molar-refractivity contribution in [3.8, 4) is 0 Å². The summed E-state index contributed by atoms with van der Waals surface area (Å²) in [6, 6.07) is 19.2. The molecule has 0 fully saturated rings. The minimum absolute atomic E-state index is 0.260. The van der Waals surface area contributed by atoms with E-state index in [0.29, 0.717) is 0 Å². The van der Waals surface area contributed by atoms with Gasteiger partial charge in [0.15, 0.2) is 0 Å². The van der Waals surface area contributed by atoms with E-state index in [9.17, 15) is 9.59 Å². The van der Waals surface area contributed by atoms with Gasteiger partial charge in [-0.15, -0.1) is 0 Å². The highest BCUT2D eigenvalue weighted by atomic mass is 28.4. The summed E-state index contributed by atoms with van der Waals surface area (Å²) in [7, 11) is -4.98. The molecule has 0 aliphatic rings. The van der Waals surface area contributed by atoms with Crippen LogP contribution < -0.4 is 9.80 Å². The number of carbonyl (C=O) groups is 2. The number of rotatable bonds is 13. The zero-order valence-electron chi connectivity index (χ0n) is 28.2. The molecule has 0 saturated heterocycles. The molecular formula is C34H56N2O4Si2. The molecule has 0 N–H and O–H groups in total. The first-order valence-electron chi connectivity index (χ1n) is 15.7. The fourth-order valence-electron chi connectivity index (χ4n) is 7.19. The second-order valence-corrected chi connectivity index (χ2v) is 24.1. The van der Waals surface area contributed by atoms with Crippen LogP contribution in [0, 0.1) is 0 Å². The number of anilines is 2.